The van der Waals surface area contributed by atoms with Crippen LogP contribution in [0.25, 0.3) is 0 Å². The molecule has 0 N–H and O–H groups in total. The number of carbonyl (C=O) groups is 1. The average molecular weight is 307 g/mol. The standard InChI is InChI=1S/C14H27BrO2/c1-2-3-10-13-17-14(16)11-8-6-4-5-7-9-12-15/h2-13H2,1H3. The van der Waals surface area contributed by atoms with Crippen LogP contribution in [0.1, 0.15) is 71.1 Å². The van der Waals surface area contributed by atoms with E-state index in [1.54, 1.807) is 0 Å². The first kappa shape index (κ1) is 16.9. The summed E-state index contributed by atoms with van der Waals surface area (Å²) in [6.07, 6.45) is 11.2. The Balaban J connectivity index is 3.11. The van der Waals surface area contributed by atoms with Crippen LogP contribution in [0.3, 0.4) is 0 Å². The minimum Gasteiger partial charge on any atom is -0.466 e. The number of alkyl halides is 1. The topological polar surface area (TPSA) is 26.3 Å². The summed E-state index contributed by atoms with van der Waals surface area (Å²) < 4.78 is 5.14. The lowest BCUT2D eigenvalue weighted by atomic mass is 10.1. The van der Waals surface area contributed by atoms with E-state index < -0.39 is 0 Å². The van der Waals surface area contributed by atoms with Crippen LogP contribution in [-0.4, -0.2) is 17.9 Å². The SMILES string of the molecule is CCCCCOC(=O)CCCCCCCCBr. The second-order valence-electron chi connectivity index (χ2n) is 4.49. The van der Waals surface area contributed by atoms with Crippen molar-refractivity contribution in [2.24, 2.45) is 0 Å². The summed E-state index contributed by atoms with van der Waals surface area (Å²) in [5.74, 6) is -0.0124. The number of rotatable bonds is 12. The molecular weight excluding hydrogens is 280 g/mol. The Bertz CT molecular complexity index is 172. The van der Waals surface area contributed by atoms with Crippen molar-refractivity contribution in [3.05, 3.63) is 0 Å². The molecule has 0 bridgehead atoms. The molecule has 0 atom stereocenters. The predicted molar refractivity (Wildman–Crippen MR) is 76.6 cm³/mol. The normalized spacial score (nSPS) is 10.5. The maximum absolute atomic E-state index is 11.3. The van der Waals surface area contributed by atoms with Gasteiger partial charge in [0.15, 0.2) is 0 Å². The van der Waals surface area contributed by atoms with Gasteiger partial charge in [-0.3, -0.25) is 4.79 Å². The lowest BCUT2D eigenvalue weighted by Crippen LogP contribution is -2.05. The molecule has 102 valence electrons. The molecule has 0 spiro atoms. The van der Waals surface area contributed by atoms with Gasteiger partial charge >= 0.3 is 5.97 Å². The van der Waals surface area contributed by atoms with E-state index in [1.165, 1.54) is 32.1 Å². The number of hydrogen-bond donors (Lipinski definition) is 0. The van der Waals surface area contributed by atoms with Crippen LogP contribution in [0.15, 0.2) is 0 Å². The van der Waals surface area contributed by atoms with E-state index in [-0.39, 0.29) is 5.97 Å². The van der Waals surface area contributed by atoms with E-state index in [4.69, 9.17) is 4.74 Å². The Morgan fingerprint density at radius 1 is 0.941 bits per heavy atom. The smallest absolute Gasteiger partial charge is 0.305 e. The van der Waals surface area contributed by atoms with Crippen molar-refractivity contribution in [2.45, 2.75) is 71.1 Å². The van der Waals surface area contributed by atoms with Crippen LogP contribution < -0.4 is 0 Å². The van der Waals surface area contributed by atoms with Crippen molar-refractivity contribution >= 4 is 21.9 Å². The molecule has 0 aliphatic rings. The van der Waals surface area contributed by atoms with Gasteiger partial charge in [-0.1, -0.05) is 61.4 Å². The summed E-state index contributed by atoms with van der Waals surface area (Å²) in [7, 11) is 0. The van der Waals surface area contributed by atoms with Gasteiger partial charge in [-0.2, -0.15) is 0 Å². The average Bonchev–Trinajstić information content (AvgIpc) is 2.33. The van der Waals surface area contributed by atoms with E-state index in [2.05, 4.69) is 22.9 Å². The van der Waals surface area contributed by atoms with E-state index in [0.717, 1.165) is 31.0 Å². The molecule has 0 aliphatic heterocycles. The first-order valence-electron chi connectivity index (χ1n) is 7.02. The molecule has 0 saturated heterocycles. The molecule has 17 heavy (non-hydrogen) atoms. The first-order chi connectivity index (χ1) is 8.31. The third-order valence-corrected chi connectivity index (χ3v) is 3.34. The largest absolute Gasteiger partial charge is 0.466 e. The highest BCUT2D eigenvalue weighted by Gasteiger charge is 2.01. The third-order valence-electron chi connectivity index (χ3n) is 2.78. The van der Waals surface area contributed by atoms with Crippen molar-refractivity contribution in [3.63, 3.8) is 0 Å². The van der Waals surface area contributed by atoms with Crippen molar-refractivity contribution in [3.8, 4) is 0 Å². The van der Waals surface area contributed by atoms with Gasteiger partial charge in [0.2, 0.25) is 0 Å². The predicted octanol–water partition coefficient (Wildman–Crippen LogP) is 4.85. The molecule has 3 heteroatoms. The lowest BCUT2D eigenvalue weighted by Gasteiger charge is -2.04. The van der Waals surface area contributed by atoms with Gasteiger partial charge in [0, 0.05) is 11.8 Å². The van der Waals surface area contributed by atoms with E-state index in [9.17, 15) is 4.79 Å². The summed E-state index contributed by atoms with van der Waals surface area (Å²) in [5.41, 5.74) is 0. The van der Waals surface area contributed by atoms with Gasteiger partial charge in [0.25, 0.3) is 0 Å². The molecule has 0 saturated carbocycles. The fourth-order valence-electron chi connectivity index (χ4n) is 1.68. The Morgan fingerprint density at radius 3 is 2.24 bits per heavy atom. The Kier molecular flexibility index (Phi) is 14.0. The minimum atomic E-state index is -0.0124. The molecule has 2 nitrogen and oxygen atoms in total. The van der Waals surface area contributed by atoms with Crippen LogP contribution in [0.4, 0.5) is 0 Å². The summed E-state index contributed by atoms with van der Waals surface area (Å²) in [4.78, 5) is 11.3. The maximum atomic E-state index is 11.3. The zero-order chi connectivity index (χ0) is 12.8. The molecular formula is C14H27BrO2. The molecule has 0 unspecified atom stereocenters. The van der Waals surface area contributed by atoms with E-state index in [1.807, 2.05) is 0 Å². The molecule has 0 rings (SSSR count). The number of halogens is 1. The second-order valence-corrected chi connectivity index (χ2v) is 5.28. The highest BCUT2D eigenvalue weighted by molar-refractivity contribution is 9.09. The lowest BCUT2D eigenvalue weighted by molar-refractivity contribution is -0.143. The first-order valence-corrected chi connectivity index (χ1v) is 8.15. The number of ether oxygens (including phenoxy) is 1. The molecule has 0 fully saturated rings. The number of hydrogen-bond acceptors (Lipinski definition) is 2. The monoisotopic (exact) mass is 306 g/mol. The maximum Gasteiger partial charge on any atom is 0.305 e. The van der Waals surface area contributed by atoms with E-state index in [0.29, 0.717) is 13.0 Å². The molecule has 0 amide bonds. The molecule has 0 aromatic carbocycles. The van der Waals surface area contributed by atoms with Crippen LogP contribution in [0, 0.1) is 0 Å². The Labute approximate surface area is 115 Å². The van der Waals surface area contributed by atoms with Crippen molar-refractivity contribution < 1.29 is 9.53 Å². The minimum absolute atomic E-state index is 0.0124. The summed E-state index contributed by atoms with van der Waals surface area (Å²) in [5, 5.41) is 1.11. The van der Waals surface area contributed by atoms with Crippen LogP contribution >= 0.6 is 15.9 Å². The fraction of sp³-hybridized carbons (Fsp3) is 0.929. The molecule has 0 aromatic rings. The Hall–Kier alpha value is -0.0500. The quantitative estimate of drug-likeness (QED) is 0.293. The Morgan fingerprint density at radius 2 is 1.59 bits per heavy atom. The summed E-state index contributed by atoms with van der Waals surface area (Å²) in [6, 6.07) is 0. The van der Waals surface area contributed by atoms with Crippen LogP contribution in [0.5, 0.6) is 0 Å². The fourth-order valence-corrected chi connectivity index (χ4v) is 2.08. The zero-order valence-electron chi connectivity index (χ0n) is 11.2. The van der Waals surface area contributed by atoms with Gasteiger partial charge in [-0.25, -0.2) is 0 Å². The van der Waals surface area contributed by atoms with Crippen molar-refractivity contribution in [2.75, 3.05) is 11.9 Å². The molecule has 0 heterocycles. The van der Waals surface area contributed by atoms with Gasteiger partial charge in [0.05, 0.1) is 6.61 Å². The van der Waals surface area contributed by atoms with Gasteiger partial charge in [-0.05, 0) is 19.3 Å². The molecule has 0 radical (unpaired) electrons. The van der Waals surface area contributed by atoms with Gasteiger partial charge in [0.1, 0.15) is 0 Å². The highest BCUT2D eigenvalue weighted by Crippen LogP contribution is 2.08. The van der Waals surface area contributed by atoms with Crippen LogP contribution in [-0.2, 0) is 9.53 Å². The number of esters is 1. The second kappa shape index (κ2) is 14.0. The van der Waals surface area contributed by atoms with Crippen molar-refractivity contribution in [1.29, 1.82) is 0 Å². The van der Waals surface area contributed by atoms with Gasteiger partial charge in [-0.15, -0.1) is 0 Å². The van der Waals surface area contributed by atoms with Gasteiger partial charge < -0.3 is 4.74 Å². The third kappa shape index (κ3) is 13.9. The van der Waals surface area contributed by atoms with E-state index >= 15 is 0 Å². The molecule has 0 aliphatic carbocycles. The zero-order valence-corrected chi connectivity index (χ0v) is 12.8. The molecule has 0 aromatic heterocycles. The van der Waals surface area contributed by atoms with Crippen molar-refractivity contribution in [1.82, 2.24) is 0 Å². The summed E-state index contributed by atoms with van der Waals surface area (Å²) >= 11 is 3.43. The summed E-state index contributed by atoms with van der Waals surface area (Å²) in [6.45, 7) is 2.76. The highest BCUT2D eigenvalue weighted by atomic mass is 79.9. The number of carbonyl (C=O) groups excluding carboxylic acids is 1. The van der Waals surface area contributed by atoms with Crippen LogP contribution in [0.2, 0.25) is 0 Å². The number of unbranched alkanes of at least 4 members (excludes halogenated alkanes) is 7.